The summed E-state index contributed by atoms with van der Waals surface area (Å²) in [4.78, 5) is 24.3. The van der Waals surface area contributed by atoms with Crippen molar-refractivity contribution in [1.29, 1.82) is 0 Å². The lowest BCUT2D eigenvalue weighted by molar-refractivity contribution is -0.162. The molecule has 0 fully saturated rings. The van der Waals surface area contributed by atoms with Gasteiger partial charge in [-0.1, -0.05) is 42.5 Å². The van der Waals surface area contributed by atoms with Gasteiger partial charge < -0.3 is 15.2 Å². The van der Waals surface area contributed by atoms with Gasteiger partial charge in [0.2, 0.25) is 0 Å². The third-order valence-corrected chi connectivity index (χ3v) is 4.29. The number of esters is 2. The van der Waals surface area contributed by atoms with Gasteiger partial charge in [-0.15, -0.1) is 0 Å². The number of fused-ring (bicyclic) bond motifs is 1. The molecule has 0 heterocycles. The van der Waals surface area contributed by atoms with E-state index in [0.717, 1.165) is 12.8 Å². The molecular formula is C22H30N2O4. The van der Waals surface area contributed by atoms with Crippen molar-refractivity contribution >= 4 is 22.7 Å². The fourth-order valence-corrected chi connectivity index (χ4v) is 2.99. The molecule has 152 valence electrons. The molecule has 0 aliphatic carbocycles. The Balaban J connectivity index is 1.93. The minimum Gasteiger partial charge on any atom is -0.467 e. The maximum atomic E-state index is 12.1. The van der Waals surface area contributed by atoms with E-state index in [-0.39, 0.29) is 6.42 Å². The fraction of sp³-hybridized carbons (Fsp3) is 0.455. The molecule has 1 unspecified atom stereocenters. The number of methoxy groups -OCH3 is 1. The number of rotatable bonds is 8. The van der Waals surface area contributed by atoms with Crippen molar-refractivity contribution in [1.82, 2.24) is 5.32 Å². The van der Waals surface area contributed by atoms with Crippen LogP contribution in [0.15, 0.2) is 42.5 Å². The van der Waals surface area contributed by atoms with Crippen LogP contribution in [-0.2, 0) is 25.5 Å². The lowest BCUT2D eigenvalue weighted by atomic mass is 10.0. The van der Waals surface area contributed by atoms with Gasteiger partial charge in [0.1, 0.15) is 5.60 Å². The van der Waals surface area contributed by atoms with Crippen molar-refractivity contribution in [3.8, 4) is 0 Å². The van der Waals surface area contributed by atoms with Gasteiger partial charge in [0.15, 0.2) is 5.66 Å². The van der Waals surface area contributed by atoms with E-state index in [9.17, 15) is 9.59 Å². The number of hydrogen-bond acceptors (Lipinski definition) is 6. The molecule has 1 atom stereocenters. The highest BCUT2D eigenvalue weighted by Crippen LogP contribution is 2.17. The molecule has 3 N–H and O–H groups in total. The molecule has 0 bridgehead atoms. The summed E-state index contributed by atoms with van der Waals surface area (Å²) in [7, 11) is 1.25. The lowest BCUT2D eigenvalue weighted by Crippen LogP contribution is -2.61. The number of benzene rings is 2. The maximum absolute atomic E-state index is 12.1. The van der Waals surface area contributed by atoms with E-state index in [1.807, 2.05) is 12.1 Å². The van der Waals surface area contributed by atoms with E-state index in [0.29, 0.717) is 6.54 Å². The number of aryl methyl sites for hydroxylation is 1. The van der Waals surface area contributed by atoms with E-state index in [4.69, 9.17) is 15.2 Å². The molecule has 0 aromatic heterocycles. The minimum absolute atomic E-state index is 0.299. The SMILES string of the molecule is COC(=O)C(N)(CC(=O)OC(C)(C)C)NCCCc1ccc2ccccc2c1. The second kappa shape index (κ2) is 9.17. The molecule has 6 nitrogen and oxygen atoms in total. The average Bonchev–Trinajstić information content (AvgIpc) is 2.62. The molecule has 2 aromatic carbocycles. The van der Waals surface area contributed by atoms with Gasteiger partial charge in [-0.05, 0) is 56.5 Å². The van der Waals surface area contributed by atoms with Crippen LogP contribution in [0, 0.1) is 0 Å². The zero-order valence-electron chi connectivity index (χ0n) is 17.1. The summed E-state index contributed by atoms with van der Waals surface area (Å²) >= 11 is 0. The molecule has 0 amide bonds. The molecule has 0 aliphatic rings. The quantitative estimate of drug-likeness (QED) is 0.412. The zero-order chi connectivity index (χ0) is 20.8. The number of hydrogen-bond donors (Lipinski definition) is 2. The summed E-state index contributed by atoms with van der Waals surface area (Å²) in [5, 5.41) is 5.37. The Morgan fingerprint density at radius 3 is 2.39 bits per heavy atom. The van der Waals surface area contributed by atoms with Crippen LogP contribution in [0.5, 0.6) is 0 Å². The zero-order valence-corrected chi connectivity index (χ0v) is 17.1. The average molecular weight is 386 g/mol. The Kier molecular flexibility index (Phi) is 7.16. The van der Waals surface area contributed by atoms with Gasteiger partial charge in [-0.25, -0.2) is 4.79 Å². The van der Waals surface area contributed by atoms with E-state index < -0.39 is 23.2 Å². The van der Waals surface area contributed by atoms with Crippen LogP contribution < -0.4 is 11.1 Å². The first-order chi connectivity index (χ1) is 13.1. The molecular weight excluding hydrogens is 356 g/mol. The van der Waals surface area contributed by atoms with Crippen molar-refractivity contribution < 1.29 is 19.1 Å². The van der Waals surface area contributed by atoms with Crippen LogP contribution in [0.2, 0.25) is 0 Å². The molecule has 2 aromatic rings. The third kappa shape index (κ3) is 6.32. The number of carbonyl (C=O) groups excluding carboxylic acids is 2. The lowest BCUT2D eigenvalue weighted by Gasteiger charge is -2.28. The first kappa shape index (κ1) is 21.9. The van der Waals surface area contributed by atoms with Gasteiger partial charge in [0.05, 0.1) is 13.5 Å². The molecule has 0 spiro atoms. The van der Waals surface area contributed by atoms with E-state index in [2.05, 4.69) is 35.6 Å². The Labute approximate surface area is 166 Å². The van der Waals surface area contributed by atoms with Gasteiger partial charge >= 0.3 is 11.9 Å². The van der Waals surface area contributed by atoms with Crippen LogP contribution in [0.25, 0.3) is 10.8 Å². The molecule has 0 aliphatic heterocycles. The molecule has 0 saturated carbocycles. The standard InChI is InChI=1S/C22H30N2O4/c1-21(2,3)28-19(25)15-22(23,20(26)27-4)24-13-7-8-16-11-12-17-9-5-6-10-18(17)14-16/h5-6,9-12,14,24H,7-8,13,15,23H2,1-4H3. The summed E-state index contributed by atoms with van der Waals surface area (Å²) in [6.45, 7) is 5.75. The van der Waals surface area contributed by atoms with Gasteiger partial charge in [-0.3, -0.25) is 10.1 Å². The van der Waals surface area contributed by atoms with Crippen molar-refractivity contribution in [3.63, 3.8) is 0 Å². The van der Waals surface area contributed by atoms with Crippen LogP contribution in [0.3, 0.4) is 0 Å². The molecule has 0 saturated heterocycles. The van der Waals surface area contributed by atoms with Gasteiger partial charge in [-0.2, -0.15) is 0 Å². The summed E-state index contributed by atoms with van der Waals surface area (Å²) in [5.74, 6) is -1.24. The molecule has 6 heteroatoms. The summed E-state index contributed by atoms with van der Waals surface area (Å²) < 4.78 is 10.1. The van der Waals surface area contributed by atoms with Crippen molar-refractivity contribution in [2.24, 2.45) is 5.73 Å². The Morgan fingerprint density at radius 2 is 1.75 bits per heavy atom. The van der Waals surface area contributed by atoms with Crippen LogP contribution in [-0.4, -0.2) is 36.9 Å². The van der Waals surface area contributed by atoms with Crippen LogP contribution >= 0.6 is 0 Å². The number of ether oxygens (including phenoxy) is 2. The van der Waals surface area contributed by atoms with Gasteiger partial charge in [0.25, 0.3) is 0 Å². The van der Waals surface area contributed by atoms with E-state index >= 15 is 0 Å². The van der Waals surface area contributed by atoms with Crippen molar-refractivity contribution in [3.05, 3.63) is 48.0 Å². The highest BCUT2D eigenvalue weighted by Gasteiger charge is 2.38. The normalized spacial score (nSPS) is 13.8. The Hall–Kier alpha value is -2.44. The summed E-state index contributed by atoms with van der Waals surface area (Å²) in [6, 6.07) is 14.6. The third-order valence-electron chi connectivity index (χ3n) is 4.29. The highest BCUT2D eigenvalue weighted by atomic mass is 16.6. The highest BCUT2D eigenvalue weighted by molar-refractivity contribution is 5.86. The second-order valence-corrected chi connectivity index (χ2v) is 7.94. The fourth-order valence-electron chi connectivity index (χ4n) is 2.99. The number of nitrogens with two attached hydrogens (primary N) is 1. The van der Waals surface area contributed by atoms with Crippen LogP contribution in [0.1, 0.15) is 39.2 Å². The Morgan fingerprint density at radius 1 is 1.07 bits per heavy atom. The number of nitrogens with one attached hydrogen (secondary N) is 1. The monoisotopic (exact) mass is 386 g/mol. The smallest absolute Gasteiger partial charge is 0.341 e. The van der Waals surface area contributed by atoms with Crippen molar-refractivity contribution in [2.45, 2.75) is 51.3 Å². The Bertz CT molecular complexity index is 829. The molecule has 28 heavy (non-hydrogen) atoms. The van der Waals surface area contributed by atoms with E-state index in [1.54, 1.807) is 20.8 Å². The molecule has 2 rings (SSSR count). The topological polar surface area (TPSA) is 90.7 Å². The first-order valence-electron chi connectivity index (χ1n) is 9.45. The first-order valence-corrected chi connectivity index (χ1v) is 9.45. The largest absolute Gasteiger partial charge is 0.467 e. The minimum atomic E-state index is -1.61. The number of carbonyl (C=O) groups is 2. The second-order valence-electron chi connectivity index (χ2n) is 7.94. The van der Waals surface area contributed by atoms with E-state index in [1.165, 1.54) is 23.4 Å². The maximum Gasteiger partial charge on any atom is 0.341 e. The predicted octanol–water partition coefficient (Wildman–Crippen LogP) is 2.92. The predicted molar refractivity (Wildman–Crippen MR) is 110 cm³/mol. The van der Waals surface area contributed by atoms with Gasteiger partial charge in [0, 0.05) is 0 Å². The summed E-state index contributed by atoms with van der Waals surface area (Å²) in [5.41, 5.74) is 5.08. The van der Waals surface area contributed by atoms with Crippen molar-refractivity contribution in [2.75, 3.05) is 13.7 Å². The van der Waals surface area contributed by atoms with Crippen LogP contribution in [0.4, 0.5) is 0 Å². The molecule has 0 radical (unpaired) electrons. The summed E-state index contributed by atoms with van der Waals surface area (Å²) in [6.07, 6.45) is 1.27.